The first kappa shape index (κ1) is 84.3. The number of nitrogens with one attached hydrogen (secondary N) is 1. The third-order valence-electron chi connectivity index (χ3n) is 18.9. The van der Waals surface area contributed by atoms with Gasteiger partial charge in [-0.3, -0.25) is 4.79 Å². The fourth-order valence-electron chi connectivity index (χ4n) is 12.8. The number of aliphatic hydroxyl groups is 8. The standard InChI is InChI=1S/C76H143NO13/c1-3-5-7-9-11-13-15-17-19-21-23-25-27-28-29-30-31-32-33-34-35-36-38-39-41-43-45-47-49-51-53-55-57-59-65(80)64(63-87-75-73(86)71(84)74(67(62-79)89-75)90-76-72(85)70(83)69(82)66(61-78)88-76)77-68(81)60-58-56-54-52-50-48-46-44-42-40-37-26-24-22-20-18-16-14-12-10-8-6-4-2/h16,18,22,24,37,40,64-67,69-76,78-80,82-86H,3-15,17,19-21,23,25-36,38-39,41-63H2,1-2H3,(H,77,81)/b18-16-,24-22-,40-37-. The van der Waals surface area contributed by atoms with Crippen LogP contribution in [0.5, 0.6) is 0 Å². The normalized spacial score (nSPS) is 23.0. The Hall–Kier alpha value is -1.79. The lowest BCUT2D eigenvalue weighted by atomic mass is 9.97. The molecule has 0 spiro atoms. The van der Waals surface area contributed by atoms with Crippen LogP contribution in [0, 0.1) is 0 Å². The van der Waals surface area contributed by atoms with Crippen LogP contribution in [0.25, 0.3) is 0 Å². The highest BCUT2D eigenvalue weighted by Gasteiger charge is 2.51. The average Bonchev–Trinajstić information content (AvgIpc) is 1.28. The van der Waals surface area contributed by atoms with Crippen LogP contribution in [-0.2, 0) is 23.7 Å². The molecule has 2 aliphatic heterocycles. The highest BCUT2D eigenvalue weighted by molar-refractivity contribution is 5.76. The van der Waals surface area contributed by atoms with Crippen molar-refractivity contribution in [1.29, 1.82) is 0 Å². The van der Waals surface area contributed by atoms with Gasteiger partial charge >= 0.3 is 0 Å². The van der Waals surface area contributed by atoms with Crippen molar-refractivity contribution >= 4 is 5.91 Å². The van der Waals surface area contributed by atoms with Gasteiger partial charge in [-0.2, -0.15) is 0 Å². The molecule has 2 heterocycles. The molecule has 0 aromatic carbocycles. The van der Waals surface area contributed by atoms with E-state index in [-0.39, 0.29) is 12.5 Å². The largest absolute Gasteiger partial charge is 0.394 e. The van der Waals surface area contributed by atoms with E-state index < -0.39 is 86.8 Å². The lowest BCUT2D eigenvalue weighted by molar-refractivity contribution is -0.359. The van der Waals surface area contributed by atoms with Crippen LogP contribution in [-0.4, -0.2) is 140 Å². The number of carbonyl (C=O) groups is 1. The Morgan fingerprint density at radius 2 is 0.733 bits per heavy atom. The number of aliphatic hydroxyl groups excluding tert-OH is 8. The Kier molecular flexibility index (Phi) is 57.0. The summed E-state index contributed by atoms with van der Waals surface area (Å²) in [5.41, 5.74) is 0. The summed E-state index contributed by atoms with van der Waals surface area (Å²) in [7, 11) is 0. The van der Waals surface area contributed by atoms with Crippen LogP contribution in [0.4, 0.5) is 0 Å². The summed E-state index contributed by atoms with van der Waals surface area (Å²) < 4.78 is 23.0. The lowest BCUT2D eigenvalue weighted by Crippen LogP contribution is -2.65. The molecule has 12 unspecified atom stereocenters. The number of amides is 1. The van der Waals surface area contributed by atoms with Gasteiger partial charge in [-0.05, 0) is 51.4 Å². The summed E-state index contributed by atoms with van der Waals surface area (Å²) in [4.78, 5) is 13.4. The molecule has 90 heavy (non-hydrogen) atoms. The first-order valence-electron chi connectivity index (χ1n) is 38.2. The molecule has 12 atom stereocenters. The Bertz CT molecular complexity index is 1650. The second-order valence-electron chi connectivity index (χ2n) is 27.1. The molecule has 2 rings (SSSR count). The van der Waals surface area contributed by atoms with Crippen LogP contribution < -0.4 is 5.32 Å². The van der Waals surface area contributed by atoms with E-state index in [1.54, 1.807) is 0 Å². The lowest BCUT2D eigenvalue weighted by Gasteiger charge is -2.46. The fourth-order valence-corrected chi connectivity index (χ4v) is 12.8. The predicted octanol–water partition coefficient (Wildman–Crippen LogP) is 16.5. The van der Waals surface area contributed by atoms with Crippen molar-refractivity contribution < 1.29 is 64.6 Å². The number of hydrogen-bond acceptors (Lipinski definition) is 13. The van der Waals surface area contributed by atoms with Crippen molar-refractivity contribution in [3.63, 3.8) is 0 Å². The van der Waals surface area contributed by atoms with Crippen LogP contribution in [0.15, 0.2) is 36.5 Å². The predicted molar refractivity (Wildman–Crippen MR) is 369 cm³/mol. The van der Waals surface area contributed by atoms with E-state index >= 15 is 0 Å². The third-order valence-corrected chi connectivity index (χ3v) is 18.9. The molecule has 2 fully saturated rings. The first-order valence-corrected chi connectivity index (χ1v) is 38.2. The van der Waals surface area contributed by atoms with Crippen molar-refractivity contribution in [2.24, 2.45) is 0 Å². The molecule has 9 N–H and O–H groups in total. The molecule has 0 bridgehead atoms. The molecule has 0 radical (unpaired) electrons. The highest BCUT2D eigenvalue weighted by atomic mass is 16.7. The maximum absolute atomic E-state index is 13.4. The van der Waals surface area contributed by atoms with Crippen LogP contribution >= 0.6 is 0 Å². The summed E-state index contributed by atoms with van der Waals surface area (Å²) in [6.45, 7) is 2.90. The smallest absolute Gasteiger partial charge is 0.220 e. The maximum atomic E-state index is 13.4. The maximum Gasteiger partial charge on any atom is 0.220 e. The first-order chi connectivity index (χ1) is 44.1. The molecule has 0 aromatic rings. The summed E-state index contributed by atoms with van der Waals surface area (Å²) in [6.07, 6.45) is 61.7. The van der Waals surface area contributed by atoms with Gasteiger partial charge in [-0.15, -0.1) is 0 Å². The van der Waals surface area contributed by atoms with E-state index in [4.69, 9.17) is 18.9 Å². The Labute approximate surface area is 551 Å². The van der Waals surface area contributed by atoms with Crippen molar-refractivity contribution in [1.82, 2.24) is 5.32 Å². The van der Waals surface area contributed by atoms with E-state index in [0.717, 1.165) is 64.2 Å². The molecule has 0 aromatic heterocycles. The molecule has 2 aliphatic rings. The topological polar surface area (TPSA) is 228 Å². The molecule has 0 aliphatic carbocycles. The SMILES string of the molecule is CCCCCCC/C=C\C/C=C\C/C=C\CCCCCCCCCCC(=O)NC(COC1OC(CO)C(OC2OC(CO)C(O)C(O)C2O)C(O)C1O)C(O)CCCCCCCCCCCCCCCCCCCCCCCCCCCCCCCCCCC. The van der Waals surface area contributed by atoms with Crippen LogP contribution in [0.1, 0.15) is 348 Å². The van der Waals surface area contributed by atoms with E-state index in [9.17, 15) is 45.6 Å². The summed E-state index contributed by atoms with van der Waals surface area (Å²) in [6, 6.07) is -0.835. The van der Waals surface area contributed by atoms with E-state index in [0.29, 0.717) is 19.3 Å². The zero-order chi connectivity index (χ0) is 65.2. The van der Waals surface area contributed by atoms with Gasteiger partial charge in [0, 0.05) is 6.42 Å². The molecule has 14 nitrogen and oxygen atoms in total. The van der Waals surface area contributed by atoms with E-state index in [1.165, 1.54) is 250 Å². The van der Waals surface area contributed by atoms with E-state index in [1.807, 2.05) is 0 Å². The zero-order valence-electron chi connectivity index (χ0n) is 57.9. The number of ether oxygens (including phenoxy) is 4. The van der Waals surface area contributed by atoms with Crippen molar-refractivity contribution in [3.05, 3.63) is 36.5 Å². The van der Waals surface area contributed by atoms with Gasteiger partial charge in [-0.1, -0.05) is 326 Å². The zero-order valence-corrected chi connectivity index (χ0v) is 57.9. The quantitative estimate of drug-likeness (QED) is 0.0204. The monoisotopic (exact) mass is 1280 g/mol. The molecule has 2 saturated heterocycles. The minimum atomic E-state index is -1.78. The van der Waals surface area contributed by atoms with E-state index in [2.05, 4.69) is 55.6 Å². The van der Waals surface area contributed by atoms with Crippen molar-refractivity contribution in [2.75, 3.05) is 19.8 Å². The molecular formula is C76H143NO13. The summed E-state index contributed by atoms with van der Waals surface area (Å²) in [5, 5.41) is 87.7. The Morgan fingerprint density at radius 1 is 0.400 bits per heavy atom. The summed E-state index contributed by atoms with van der Waals surface area (Å²) in [5.74, 6) is -0.209. The van der Waals surface area contributed by atoms with Crippen LogP contribution in [0.2, 0.25) is 0 Å². The van der Waals surface area contributed by atoms with Gasteiger partial charge in [0.15, 0.2) is 12.6 Å². The Morgan fingerprint density at radius 3 is 1.12 bits per heavy atom. The fraction of sp³-hybridized carbons (Fsp3) is 0.908. The number of hydrogen-bond donors (Lipinski definition) is 9. The molecule has 0 saturated carbocycles. The van der Waals surface area contributed by atoms with Gasteiger partial charge in [0.05, 0.1) is 32.0 Å². The van der Waals surface area contributed by atoms with Gasteiger partial charge in [-0.25, -0.2) is 0 Å². The third kappa shape index (κ3) is 44.0. The van der Waals surface area contributed by atoms with Crippen molar-refractivity contribution in [3.8, 4) is 0 Å². The highest BCUT2D eigenvalue weighted by Crippen LogP contribution is 2.30. The second-order valence-corrected chi connectivity index (χ2v) is 27.1. The van der Waals surface area contributed by atoms with Gasteiger partial charge in [0.2, 0.25) is 5.91 Å². The second kappa shape index (κ2) is 60.8. The average molecular weight is 1280 g/mol. The number of allylic oxidation sites excluding steroid dienone is 6. The van der Waals surface area contributed by atoms with Gasteiger partial charge in [0.1, 0.15) is 48.8 Å². The van der Waals surface area contributed by atoms with Crippen molar-refractivity contribution in [2.45, 2.75) is 421 Å². The number of rotatable bonds is 64. The minimum Gasteiger partial charge on any atom is -0.394 e. The summed E-state index contributed by atoms with van der Waals surface area (Å²) >= 11 is 0. The van der Waals surface area contributed by atoms with Crippen LogP contribution in [0.3, 0.4) is 0 Å². The molecule has 530 valence electrons. The van der Waals surface area contributed by atoms with Gasteiger partial charge in [0.25, 0.3) is 0 Å². The van der Waals surface area contributed by atoms with Gasteiger partial charge < -0.3 is 65.1 Å². The molecule has 14 heteroatoms. The minimum absolute atomic E-state index is 0.209. The Balaban J connectivity index is 1.62. The number of carbonyl (C=O) groups excluding carboxylic acids is 1. The molecular weight excluding hydrogens is 1130 g/mol. The molecule has 1 amide bonds. The number of unbranched alkanes of at least 4 members (excludes halogenated alkanes) is 45.